The van der Waals surface area contributed by atoms with Gasteiger partial charge in [0.25, 0.3) is 0 Å². The molecule has 0 fully saturated rings. The first-order valence-electron chi connectivity index (χ1n) is 7.32. The quantitative estimate of drug-likeness (QED) is 0.665. The number of nitrogens with zero attached hydrogens (tertiary/aromatic N) is 1. The Bertz CT molecular complexity index is 709. The molecule has 0 saturated carbocycles. The minimum Gasteiger partial charge on any atom is -0.293 e. The van der Waals surface area contributed by atoms with E-state index >= 15 is 0 Å². The Morgan fingerprint density at radius 2 is 1.55 bits per heavy atom. The van der Waals surface area contributed by atoms with Crippen LogP contribution >= 0.6 is 0 Å². The first-order chi connectivity index (χ1) is 10.8. The van der Waals surface area contributed by atoms with Gasteiger partial charge in [0.05, 0.1) is 11.6 Å². The fourth-order valence-corrected chi connectivity index (χ4v) is 2.53. The van der Waals surface area contributed by atoms with Crippen molar-refractivity contribution in [2.45, 2.75) is 12.8 Å². The first kappa shape index (κ1) is 14.2. The molecule has 0 amide bonds. The van der Waals surface area contributed by atoms with E-state index in [9.17, 15) is 4.79 Å². The van der Waals surface area contributed by atoms with Crippen LogP contribution in [0.4, 0.5) is 0 Å². The number of rotatable bonds is 4. The van der Waals surface area contributed by atoms with Gasteiger partial charge in [-0.3, -0.25) is 9.78 Å². The van der Waals surface area contributed by atoms with E-state index in [4.69, 9.17) is 0 Å². The second-order valence-corrected chi connectivity index (χ2v) is 5.33. The Labute approximate surface area is 130 Å². The molecule has 0 N–H and O–H groups in total. The highest BCUT2D eigenvalue weighted by atomic mass is 16.1. The van der Waals surface area contributed by atoms with Gasteiger partial charge < -0.3 is 0 Å². The molecule has 2 nitrogen and oxygen atoms in total. The van der Waals surface area contributed by atoms with E-state index in [2.05, 4.69) is 4.98 Å². The van der Waals surface area contributed by atoms with Crippen molar-refractivity contribution in [1.82, 2.24) is 4.98 Å². The molecule has 0 spiro atoms. The minimum atomic E-state index is -0.370. The monoisotopic (exact) mass is 287 g/mol. The molecule has 108 valence electrons. The maximum absolute atomic E-state index is 13.0. The number of pyridine rings is 1. The van der Waals surface area contributed by atoms with E-state index in [1.807, 2.05) is 79.7 Å². The lowest BCUT2D eigenvalue weighted by Gasteiger charge is -2.16. The van der Waals surface area contributed by atoms with E-state index in [1.165, 1.54) is 0 Å². The van der Waals surface area contributed by atoms with Crippen molar-refractivity contribution in [3.8, 4) is 0 Å². The predicted molar refractivity (Wildman–Crippen MR) is 88.0 cm³/mol. The largest absolute Gasteiger partial charge is 0.293 e. The van der Waals surface area contributed by atoms with Crippen LogP contribution in [0, 0.1) is 6.92 Å². The van der Waals surface area contributed by atoms with Crippen LogP contribution in [0.5, 0.6) is 0 Å². The predicted octanol–water partition coefficient (Wildman–Crippen LogP) is 4.40. The molecular weight excluding hydrogens is 270 g/mol. The van der Waals surface area contributed by atoms with E-state index in [0.717, 1.165) is 16.8 Å². The molecule has 1 aromatic heterocycles. The Kier molecular flexibility index (Phi) is 4.10. The summed E-state index contributed by atoms with van der Waals surface area (Å²) in [6, 6.07) is 23.2. The summed E-state index contributed by atoms with van der Waals surface area (Å²) in [6.45, 7) is 2.02. The third-order valence-electron chi connectivity index (χ3n) is 3.71. The van der Waals surface area contributed by atoms with Gasteiger partial charge in [0.1, 0.15) is 0 Å². The van der Waals surface area contributed by atoms with Gasteiger partial charge in [0.2, 0.25) is 0 Å². The Morgan fingerprint density at radius 1 is 0.864 bits per heavy atom. The SMILES string of the molecule is Cc1ccc(C(=O)[C@H](c2ccccc2)c2ccccn2)cc1. The Balaban J connectivity index is 2.06. The van der Waals surface area contributed by atoms with Crippen LogP contribution in [0.3, 0.4) is 0 Å². The normalized spacial score (nSPS) is 11.9. The van der Waals surface area contributed by atoms with Gasteiger partial charge in [0.15, 0.2) is 5.78 Å². The molecule has 0 saturated heterocycles. The maximum atomic E-state index is 13.0. The van der Waals surface area contributed by atoms with Crippen LogP contribution < -0.4 is 0 Å². The van der Waals surface area contributed by atoms with E-state index in [0.29, 0.717) is 5.56 Å². The van der Waals surface area contributed by atoms with Crippen molar-refractivity contribution in [1.29, 1.82) is 0 Å². The van der Waals surface area contributed by atoms with Crippen LogP contribution in [0.15, 0.2) is 79.0 Å². The summed E-state index contributed by atoms with van der Waals surface area (Å²) in [5.41, 5.74) is 3.60. The fraction of sp³-hybridized carbons (Fsp3) is 0.100. The highest BCUT2D eigenvalue weighted by Crippen LogP contribution is 2.27. The number of aromatic nitrogens is 1. The number of Topliss-reactive ketones (excluding diaryl/α,β-unsaturated/α-hetero) is 1. The first-order valence-corrected chi connectivity index (χ1v) is 7.32. The van der Waals surface area contributed by atoms with Crippen molar-refractivity contribution in [2.75, 3.05) is 0 Å². The molecule has 22 heavy (non-hydrogen) atoms. The molecule has 0 aliphatic heterocycles. The van der Waals surface area contributed by atoms with Crippen molar-refractivity contribution < 1.29 is 4.79 Å². The Hall–Kier alpha value is -2.74. The third-order valence-corrected chi connectivity index (χ3v) is 3.71. The van der Waals surface area contributed by atoms with E-state index in [1.54, 1.807) is 6.20 Å². The molecule has 0 aliphatic rings. The lowest BCUT2D eigenvalue weighted by atomic mass is 9.87. The number of benzene rings is 2. The molecule has 3 rings (SSSR count). The second-order valence-electron chi connectivity index (χ2n) is 5.33. The number of hydrogen-bond donors (Lipinski definition) is 0. The van der Waals surface area contributed by atoms with E-state index < -0.39 is 0 Å². The average molecular weight is 287 g/mol. The third kappa shape index (κ3) is 2.96. The van der Waals surface area contributed by atoms with Crippen LogP contribution in [0.1, 0.15) is 33.1 Å². The zero-order chi connectivity index (χ0) is 15.4. The van der Waals surface area contributed by atoms with Crippen LogP contribution in [0.2, 0.25) is 0 Å². The molecule has 0 aliphatic carbocycles. The summed E-state index contributed by atoms with van der Waals surface area (Å²) >= 11 is 0. The van der Waals surface area contributed by atoms with Gasteiger partial charge in [-0.25, -0.2) is 0 Å². The van der Waals surface area contributed by atoms with Gasteiger partial charge in [-0.05, 0) is 24.6 Å². The van der Waals surface area contributed by atoms with Crippen LogP contribution in [-0.2, 0) is 0 Å². The summed E-state index contributed by atoms with van der Waals surface area (Å²) in [4.78, 5) is 17.4. The van der Waals surface area contributed by atoms with Gasteiger partial charge in [-0.1, -0.05) is 66.2 Å². The number of carbonyl (C=O) groups excluding carboxylic acids is 1. The smallest absolute Gasteiger partial charge is 0.176 e. The molecule has 1 atom stereocenters. The molecule has 2 aromatic carbocycles. The molecule has 0 unspecified atom stereocenters. The van der Waals surface area contributed by atoms with Crippen molar-refractivity contribution >= 4 is 5.78 Å². The molecule has 3 aromatic rings. The van der Waals surface area contributed by atoms with Crippen molar-refractivity contribution in [3.63, 3.8) is 0 Å². The van der Waals surface area contributed by atoms with Gasteiger partial charge in [-0.15, -0.1) is 0 Å². The lowest BCUT2D eigenvalue weighted by molar-refractivity contribution is 0.0972. The van der Waals surface area contributed by atoms with Crippen LogP contribution in [-0.4, -0.2) is 10.8 Å². The van der Waals surface area contributed by atoms with Crippen molar-refractivity contribution in [2.24, 2.45) is 0 Å². The molecule has 1 heterocycles. The molecular formula is C20H17NO. The number of aryl methyl sites for hydroxylation is 1. The van der Waals surface area contributed by atoms with E-state index in [-0.39, 0.29) is 11.7 Å². The number of carbonyl (C=O) groups is 1. The second kappa shape index (κ2) is 6.35. The summed E-state index contributed by atoms with van der Waals surface area (Å²) in [7, 11) is 0. The van der Waals surface area contributed by atoms with Gasteiger partial charge >= 0.3 is 0 Å². The Morgan fingerprint density at radius 3 is 2.18 bits per heavy atom. The molecule has 0 radical (unpaired) electrons. The highest BCUT2D eigenvalue weighted by Gasteiger charge is 2.24. The number of hydrogen-bond acceptors (Lipinski definition) is 2. The van der Waals surface area contributed by atoms with Crippen LogP contribution in [0.25, 0.3) is 0 Å². The van der Waals surface area contributed by atoms with Crippen molar-refractivity contribution in [3.05, 3.63) is 101 Å². The summed E-state index contributed by atoms with van der Waals surface area (Å²) in [6.07, 6.45) is 1.73. The molecule has 2 heteroatoms. The zero-order valence-electron chi connectivity index (χ0n) is 12.4. The number of ketones is 1. The maximum Gasteiger partial charge on any atom is 0.176 e. The van der Waals surface area contributed by atoms with Gasteiger partial charge in [-0.2, -0.15) is 0 Å². The summed E-state index contributed by atoms with van der Waals surface area (Å²) < 4.78 is 0. The topological polar surface area (TPSA) is 30.0 Å². The van der Waals surface area contributed by atoms with Gasteiger partial charge in [0, 0.05) is 11.8 Å². The lowest BCUT2D eigenvalue weighted by Crippen LogP contribution is -2.15. The minimum absolute atomic E-state index is 0.0740. The fourth-order valence-electron chi connectivity index (χ4n) is 2.53. The average Bonchev–Trinajstić information content (AvgIpc) is 2.57. The summed E-state index contributed by atoms with van der Waals surface area (Å²) in [5, 5.41) is 0. The highest BCUT2D eigenvalue weighted by molar-refractivity contribution is 6.02. The molecule has 0 bridgehead atoms. The zero-order valence-corrected chi connectivity index (χ0v) is 12.4. The standard InChI is InChI=1S/C20H17NO/c1-15-10-12-17(13-11-15)20(22)19(16-7-3-2-4-8-16)18-9-5-6-14-21-18/h2-14,19H,1H3/t19-/m1/s1. The summed E-state index contributed by atoms with van der Waals surface area (Å²) in [5.74, 6) is -0.296.